The molecule has 1 aliphatic heterocycles. The van der Waals surface area contributed by atoms with Gasteiger partial charge in [-0.3, -0.25) is 0 Å². The number of nitrogens with zero attached hydrogens (tertiary/aromatic N) is 2. The molecule has 0 spiro atoms. The number of aromatic amines is 1. The molecule has 1 atom stereocenters. The second-order valence-corrected chi connectivity index (χ2v) is 6.10. The second-order valence-electron chi connectivity index (χ2n) is 6.10. The van der Waals surface area contributed by atoms with Crippen LogP contribution in [0.4, 0.5) is 5.82 Å². The van der Waals surface area contributed by atoms with Gasteiger partial charge >= 0.3 is 0 Å². The van der Waals surface area contributed by atoms with Crippen molar-refractivity contribution in [1.29, 1.82) is 0 Å². The summed E-state index contributed by atoms with van der Waals surface area (Å²) in [5.74, 6) is 3.07. The molecule has 5 nitrogen and oxygen atoms in total. The number of pyridine rings is 1. The van der Waals surface area contributed by atoms with E-state index in [1.807, 2.05) is 24.4 Å². The summed E-state index contributed by atoms with van der Waals surface area (Å²) in [6, 6.07) is 12.4. The van der Waals surface area contributed by atoms with Crippen LogP contribution in [0.5, 0.6) is 11.5 Å². The number of anilines is 1. The van der Waals surface area contributed by atoms with E-state index in [4.69, 9.17) is 14.5 Å². The van der Waals surface area contributed by atoms with Gasteiger partial charge in [-0.15, -0.1) is 0 Å². The Morgan fingerprint density at radius 3 is 2.88 bits per heavy atom. The number of nitrogens with one attached hydrogen (secondary N) is 1. The maximum Gasteiger partial charge on any atom is 0.164 e. The van der Waals surface area contributed by atoms with Crippen molar-refractivity contribution in [3.05, 3.63) is 48.2 Å². The van der Waals surface area contributed by atoms with Crippen molar-refractivity contribution in [2.75, 3.05) is 32.2 Å². The fraction of sp³-hybridized carbons (Fsp3) is 0.316. The summed E-state index contributed by atoms with van der Waals surface area (Å²) in [7, 11) is 3.38. The molecule has 1 saturated heterocycles. The molecule has 0 aliphatic carbocycles. The molecule has 5 heteroatoms. The summed E-state index contributed by atoms with van der Waals surface area (Å²) in [5, 5.41) is 1.14. The molecule has 1 unspecified atom stereocenters. The molecule has 0 amide bonds. The lowest BCUT2D eigenvalue weighted by molar-refractivity contribution is 0.350. The summed E-state index contributed by atoms with van der Waals surface area (Å²) in [4.78, 5) is 10.3. The van der Waals surface area contributed by atoms with Crippen LogP contribution in [0.3, 0.4) is 0 Å². The molecule has 1 fully saturated rings. The average Bonchev–Trinajstić information content (AvgIpc) is 3.29. The predicted molar refractivity (Wildman–Crippen MR) is 95.2 cm³/mol. The lowest BCUT2D eigenvalue weighted by Crippen LogP contribution is -2.20. The number of benzene rings is 1. The van der Waals surface area contributed by atoms with Crippen LogP contribution in [0.25, 0.3) is 11.0 Å². The van der Waals surface area contributed by atoms with E-state index in [1.165, 1.54) is 5.56 Å². The molecule has 3 heterocycles. The first-order valence-electron chi connectivity index (χ1n) is 8.20. The summed E-state index contributed by atoms with van der Waals surface area (Å²) in [6.45, 7) is 1.92. The smallest absolute Gasteiger partial charge is 0.164 e. The van der Waals surface area contributed by atoms with Gasteiger partial charge in [-0.2, -0.15) is 0 Å². The zero-order valence-electron chi connectivity index (χ0n) is 14.0. The Kier molecular flexibility index (Phi) is 3.76. The standard InChI is InChI=1S/C19H21N3O2/c1-23-16-5-3-4-15(18(16)24-2)14-9-11-22(12-14)17-7-6-13-8-10-20-19(13)21-17/h3-8,10,14H,9,11-12H2,1-2H3,(H,20,21). The average molecular weight is 323 g/mol. The van der Waals surface area contributed by atoms with Crippen molar-refractivity contribution in [2.24, 2.45) is 0 Å². The number of ether oxygens (including phenoxy) is 2. The first-order valence-corrected chi connectivity index (χ1v) is 8.20. The van der Waals surface area contributed by atoms with Crippen molar-refractivity contribution in [3.8, 4) is 11.5 Å². The second kappa shape index (κ2) is 6.07. The van der Waals surface area contributed by atoms with Gasteiger partial charge < -0.3 is 19.4 Å². The van der Waals surface area contributed by atoms with E-state index < -0.39 is 0 Å². The maximum atomic E-state index is 5.60. The molecular formula is C19H21N3O2. The van der Waals surface area contributed by atoms with Crippen molar-refractivity contribution in [3.63, 3.8) is 0 Å². The minimum Gasteiger partial charge on any atom is -0.493 e. The molecule has 0 radical (unpaired) electrons. The minimum atomic E-state index is 0.413. The predicted octanol–water partition coefficient (Wildman–Crippen LogP) is 3.57. The molecule has 24 heavy (non-hydrogen) atoms. The first kappa shape index (κ1) is 14.9. The highest BCUT2D eigenvalue weighted by molar-refractivity contribution is 5.77. The Morgan fingerprint density at radius 1 is 1.12 bits per heavy atom. The summed E-state index contributed by atoms with van der Waals surface area (Å²) >= 11 is 0. The number of H-pyrrole nitrogens is 1. The van der Waals surface area contributed by atoms with Crippen LogP contribution in [0.1, 0.15) is 17.9 Å². The lowest BCUT2D eigenvalue weighted by atomic mass is 9.97. The fourth-order valence-electron chi connectivity index (χ4n) is 3.55. The highest BCUT2D eigenvalue weighted by Crippen LogP contribution is 2.40. The summed E-state index contributed by atoms with van der Waals surface area (Å²) < 4.78 is 11.0. The lowest BCUT2D eigenvalue weighted by Gasteiger charge is -2.19. The molecular weight excluding hydrogens is 302 g/mol. The van der Waals surface area contributed by atoms with Crippen molar-refractivity contribution < 1.29 is 9.47 Å². The number of rotatable bonds is 4. The van der Waals surface area contributed by atoms with Gasteiger partial charge in [0.2, 0.25) is 0 Å². The topological polar surface area (TPSA) is 50.4 Å². The Morgan fingerprint density at radius 2 is 2.04 bits per heavy atom. The van der Waals surface area contributed by atoms with Crippen molar-refractivity contribution in [2.45, 2.75) is 12.3 Å². The Balaban J connectivity index is 1.60. The number of fused-ring (bicyclic) bond motifs is 1. The van der Waals surface area contributed by atoms with Crippen molar-refractivity contribution >= 4 is 16.9 Å². The molecule has 124 valence electrons. The number of hydrogen-bond acceptors (Lipinski definition) is 4. The van der Waals surface area contributed by atoms with Crippen LogP contribution in [-0.4, -0.2) is 37.3 Å². The number of para-hydroxylation sites is 1. The zero-order chi connectivity index (χ0) is 16.5. The molecule has 0 saturated carbocycles. The van der Waals surface area contributed by atoms with Gasteiger partial charge in [-0.25, -0.2) is 4.98 Å². The third-order valence-electron chi connectivity index (χ3n) is 4.78. The molecule has 1 aliphatic rings. The third kappa shape index (κ3) is 2.46. The van der Waals surface area contributed by atoms with E-state index >= 15 is 0 Å². The van der Waals surface area contributed by atoms with E-state index in [1.54, 1.807) is 14.2 Å². The van der Waals surface area contributed by atoms with Gasteiger partial charge in [-0.1, -0.05) is 12.1 Å². The highest BCUT2D eigenvalue weighted by Gasteiger charge is 2.28. The zero-order valence-corrected chi connectivity index (χ0v) is 14.0. The monoisotopic (exact) mass is 323 g/mol. The van der Waals surface area contributed by atoms with Gasteiger partial charge in [-0.05, 0) is 30.7 Å². The number of hydrogen-bond donors (Lipinski definition) is 1. The van der Waals surface area contributed by atoms with Crippen LogP contribution >= 0.6 is 0 Å². The number of aromatic nitrogens is 2. The van der Waals surface area contributed by atoms with Crippen LogP contribution in [0.15, 0.2) is 42.6 Å². The molecule has 4 rings (SSSR count). The van der Waals surface area contributed by atoms with Crippen LogP contribution in [-0.2, 0) is 0 Å². The maximum absolute atomic E-state index is 5.60. The minimum absolute atomic E-state index is 0.413. The molecule has 1 N–H and O–H groups in total. The van der Waals surface area contributed by atoms with E-state index in [0.717, 1.165) is 47.9 Å². The molecule has 2 aromatic heterocycles. The van der Waals surface area contributed by atoms with Gasteiger partial charge in [0.15, 0.2) is 11.5 Å². The van der Waals surface area contributed by atoms with Crippen LogP contribution in [0.2, 0.25) is 0 Å². The summed E-state index contributed by atoms with van der Waals surface area (Å²) in [5.41, 5.74) is 2.15. The highest BCUT2D eigenvalue weighted by atomic mass is 16.5. The fourth-order valence-corrected chi connectivity index (χ4v) is 3.55. The summed E-state index contributed by atoms with van der Waals surface area (Å²) in [6.07, 6.45) is 3.00. The van der Waals surface area contributed by atoms with Gasteiger partial charge in [0.25, 0.3) is 0 Å². The molecule has 3 aromatic rings. The van der Waals surface area contributed by atoms with E-state index in [9.17, 15) is 0 Å². The van der Waals surface area contributed by atoms with Gasteiger partial charge in [0, 0.05) is 36.2 Å². The van der Waals surface area contributed by atoms with E-state index in [0.29, 0.717) is 5.92 Å². The van der Waals surface area contributed by atoms with E-state index in [-0.39, 0.29) is 0 Å². The Bertz CT molecular complexity index is 859. The van der Waals surface area contributed by atoms with Crippen molar-refractivity contribution in [1.82, 2.24) is 9.97 Å². The van der Waals surface area contributed by atoms with Gasteiger partial charge in [0.05, 0.1) is 14.2 Å². The Hall–Kier alpha value is -2.69. The van der Waals surface area contributed by atoms with E-state index in [2.05, 4.69) is 28.1 Å². The van der Waals surface area contributed by atoms with Crippen LogP contribution < -0.4 is 14.4 Å². The quantitative estimate of drug-likeness (QED) is 0.797. The van der Waals surface area contributed by atoms with Crippen LogP contribution in [0, 0.1) is 0 Å². The molecule has 0 bridgehead atoms. The largest absolute Gasteiger partial charge is 0.493 e. The first-order chi connectivity index (χ1) is 11.8. The van der Waals surface area contributed by atoms with Gasteiger partial charge in [0.1, 0.15) is 11.5 Å². The Labute approximate surface area is 141 Å². The third-order valence-corrected chi connectivity index (χ3v) is 4.78. The number of methoxy groups -OCH3 is 2. The SMILES string of the molecule is COc1cccc(C2CCN(c3ccc4cc[nH]c4n3)C2)c1OC. The molecule has 1 aromatic carbocycles. The normalized spacial score (nSPS) is 17.4.